The quantitative estimate of drug-likeness (QED) is 0.904. The van der Waals surface area contributed by atoms with E-state index in [2.05, 4.69) is 5.32 Å². The summed E-state index contributed by atoms with van der Waals surface area (Å²) >= 11 is 5.61. The molecule has 1 heterocycles. The van der Waals surface area contributed by atoms with Gasteiger partial charge < -0.3 is 14.5 Å². The molecule has 1 N–H and O–H groups in total. The minimum Gasteiger partial charge on any atom is -0.484 e. The Balaban J connectivity index is 1.73. The molecule has 4 nitrogen and oxygen atoms in total. The molecule has 0 aliphatic carbocycles. The van der Waals surface area contributed by atoms with Crippen molar-refractivity contribution < 1.29 is 13.9 Å². The number of hydrogen-bond donors (Lipinski definition) is 1. The van der Waals surface area contributed by atoms with Gasteiger partial charge in [0.05, 0.1) is 6.54 Å². The van der Waals surface area contributed by atoms with Gasteiger partial charge in [-0.2, -0.15) is 0 Å². The van der Waals surface area contributed by atoms with Gasteiger partial charge in [0.15, 0.2) is 11.8 Å². The zero-order valence-electron chi connectivity index (χ0n) is 9.56. The number of para-hydroxylation sites is 1. The Hall–Kier alpha value is -1.94. The summed E-state index contributed by atoms with van der Waals surface area (Å²) in [5.41, 5.74) is 0. The fraction of sp³-hybridized carbons (Fsp3) is 0.154. The van der Waals surface area contributed by atoms with Gasteiger partial charge in [0.1, 0.15) is 11.5 Å². The average Bonchev–Trinajstić information content (AvgIpc) is 2.81. The SMILES string of the molecule is O=C(COc1ccccc1)NCc1ccc(Cl)o1. The van der Waals surface area contributed by atoms with Crippen LogP contribution in [0.1, 0.15) is 5.76 Å². The first-order chi connectivity index (χ1) is 8.74. The second-order valence-electron chi connectivity index (χ2n) is 3.58. The zero-order chi connectivity index (χ0) is 12.8. The van der Waals surface area contributed by atoms with E-state index >= 15 is 0 Å². The van der Waals surface area contributed by atoms with Crippen molar-refractivity contribution in [2.75, 3.05) is 6.61 Å². The van der Waals surface area contributed by atoms with Crippen molar-refractivity contribution in [3.8, 4) is 5.75 Å². The molecule has 0 unspecified atom stereocenters. The molecule has 0 aliphatic heterocycles. The van der Waals surface area contributed by atoms with Crippen LogP contribution in [0.5, 0.6) is 5.75 Å². The predicted octanol–water partition coefficient (Wildman–Crippen LogP) is 2.63. The Kier molecular flexibility index (Phi) is 4.25. The number of furan rings is 1. The number of hydrogen-bond acceptors (Lipinski definition) is 3. The molecule has 0 bridgehead atoms. The second-order valence-corrected chi connectivity index (χ2v) is 3.96. The van der Waals surface area contributed by atoms with Crippen molar-refractivity contribution in [3.63, 3.8) is 0 Å². The van der Waals surface area contributed by atoms with Crippen molar-refractivity contribution in [3.05, 3.63) is 53.4 Å². The number of rotatable bonds is 5. The van der Waals surface area contributed by atoms with E-state index < -0.39 is 0 Å². The predicted molar refractivity (Wildman–Crippen MR) is 67.5 cm³/mol. The Bertz CT molecular complexity index is 510. The van der Waals surface area contributed by atoms with Crippen LogP contribution in [0.15, 0.2) is 46.9 Å². The van der Waals surface area contributed by atoms with Crippen LogP contribution in [0.2, 0.25) is 5.22 Å². The van der Waals surface area contributed by atoms with Gasteiger partial charge in [0.2, 0.25) is 0 Å². The summed E-state index contributed by atoms with van der Waals surface area (Å²) in [6, 6.07) is 12.5. The van der Waals surface area contributed by atoms with Crippen LogP contribution in [0.3, 0.4) is 0 Å². The third-order valence-corrected chi connectivity index (χ3v) is 2.40. The van der Waals surface area contributed by atoms with Crippen LogP contribution in [0, 0.1) is 0 Å². The molecule has 0 saturated heterocycles. The van der Waals surface area contributed by atoms with Gasteiger partial charge in [0, 0.05) is 0 Å². The van der Waals surface area contributed by atoms with E-state index in [9.17, 15) is 4.79 Å². The third kappa shape index (κ3) is 3.82. The lowest BCUT2D eigenvalue weighted by molar-refractivity contribution is -0.123. The Morgan fingerprint density at radius 3 is 2.67 bits per heavy atom. The molecular formula is C13H12ClNO3. The van der Waals surface area contributed by atoms with Crippen molar-refractivity contribution in [1.29, 1.82) is 0 Å². The first-order valence-corrected chi connectivity index (χ1v) is 5.80. The lowest BCUT2D eigenvalue weighted by Gasteiger charge is -2.06. The number of carbonyl (C=O) groups excluding carboxylic acids is 1. The molecule has 2 aromatic rings. The van der Waals surface area contributed by atoms with E-state index in [0.29, 0.717) is 23.3 Å². The highest BCUT2D eigenvalue weighted by Crippen LogP contribution is 2.12. The normalized spacial score (nSPS) is 10.1. The summed E-state index contributed by atoms with van der Waals surface area (Å²) in [7, 11) is 0. The Labute approximate surface area is 110 Å². The molecule has 5 heteroatoms. The van der Waals surface area contributed by atoms with Crippen LogP contribution >= 0.6 is 11.6 Å². The van der Waals surface area contributed by atoms with Crippen LogP contribution in [0.4, 0.5) is 0 Å². The largest absolute Gasteiger partial charge is 0.484 e. The van der Waals surface area contributed by atoms with Crippen molar-refractivity contribution >= 4 is 17.5 Å². The summed E-state index contributed by atoms with van der Waals surface area (Å²) in [5, 5.41) is 2.97. The van der Waals surface area contributed by atoms with E-state index in [1.54, 1.807) is 24.3 Å². The molecule has 0 radical (unpaired) electrons. The molecule has 18 heavy (non-hydrogen) atoms. The van der Waals surface area contributed by atoms with Crippen LogP contribution in [0.25, 0.3) is 0 Å². The van der Waals surface area contributed by atoms with Gasteiger partial charge in [-0.3, -0.25) is 4.79 Å². The first kappa shape index (κ1) is 12.5. The highest BCUT2D eigenvalue weighted by Gasteiger charge is 2.04. The summed E-state index contributed by atoms with van der Waals surface area (Å²) in [6.45, 7) is 0.266. The van der Waals surface area contributed by atoms with E-state index in [1.807, 2.05) is 18.2 Å². The van der Waals surface area contributed by atoms with Gasteiger partial charge in [-0.25, -0.2) is 0 Å². The summed E-state index contributed by atoms with van der Waals surface area (Å²) in [6.07, 6.45) is 0. The molecule has 0 saturated carbocycles. The summed E-state index contributed by atoms with van der Waals surface area (Å²) in [5.74, 6) is 1.05. The van der Waals surface area contributed by atoms with E-state index in [1.165, 1.54) is 0 Å². The van der Waals surface area contributed by atoms with Crippen LogP contribution < -0.4 is 10.1 Å². The monoisotopic (exact) mass is 265 g/mol. The topological polar surface area (TPSA) is 51.5 Å². The van der Waals surface area contributed by atoms with Gasteiger partial charge in [-0.1, -0.05) is 18.2 Å². The van der Waals surface area contributed by atoms with Crippen molar-refractivity contribution in [1.82, 2.24) is 5.32 Å². The molecule has 94 valence electrons. The number of halogens is 1. The molecule has 1 aromatic heterocycles. The molecule has 0 aliphatic rings. The molecular weight excluding hydrogens is 254 g/mol. The molecule has 0 atom stereocenters. The number of benzene rings is 1. The van der Waals surface area contributed by atoms with Gasteiger partial charge in [-0.15, -0.1) is 0 Å². The van der Waals surface area contributed by atoms with Crippen molar-refractivity contribution in [2.24, 2.45) is 0 Å². The number of carbonyl (C=O) groups is 1. The standard InChI is InChI=1S/C13H12ClNO3/c14-12-7-6-11(18-12)8-15-13(16)9-17-10-4-2-1-3-5-10/h1-7H,8-9H2,(H,15,16). The highest BCUT2D eigenvalue weighted by atomic mass is 35.5. The second kappa shape index (κ2) is 6.12. The smallest absolute Gasteiger partial charge is 0.258 e. The molecule has 0 fully saturated rings. The lowest BCUT2D eigenvalue weighted by Crippen LogP contribution is -2.28. The van der Waals surface area contributed by atoms with Gasteiger partial charge in [-0.05, 0) is 35.9 Å². The minimum atomic E-state index is -0.216. The average molecular weight is 266 g/mol. The first-order valence-electron chi connectivity index (χ1n) is 5.43. The molecule has 1 aromatic carbocycles. The van der Waals surface area contributed by atoms with E-state index in [-0.39, 0.29) is 12.5 Å². The lowest BCUT2D eigenvalue weighted by atomic mass is 10.3. The Morgan fingerprint density at radius 2 is 2.00 bits per heavy atom. The molecule has 0 spiro atoms. The van der Waals surface area contributed by atoms with Crippen LogP contribution in [-0.4, -0.2) is 12.5 Å². The van der Waals surface area contributed by atoms with E-state index in [4.69, 9.17) is 20.8 Å². The fourth-order valence-corrected chi connectivity index (χ4v) is 1.51. The maximum Gasteiger partial charge on any atom is 0.258 e. The fourth-order valence-electron chi connectivity index (χ4n) is 1.35. The van der Waals surface area contributed by atoms with Crippen LogP contribution in [-0.2, 0) is 11.3 Å². The van der Waals surface area contributed by atoms with Crippen molar-refractivity contribution in [2.45, 2.75) is 6.54 Å². The van der Waals surface area contributed by atoms with Gasteiger partial charge >= 0.3 is 0 Å². The number of nitrogens with one attached hydrogen (secondary N) is 1. The maximum atomic E-state index is 11.5. The third-order valence-electron chi connectivity index (χ3n) is 2.20. The number of amides is 1. The zero-order valence-corrected chi connectivity index (χ0v) is 10.3. The van der Waals surface area contributed by atoms with Gasteiger partial charge in [0.25, 0.3) is 5.91 Å². The molecule has 1 amide bonds. The highest BCUT2D eigenvalue weighted by molar-refractivity contribution is 6.28. The van der Waals surface area contributed by atoms with E-state index in [0.717, 1.165) is 0 Å². The summed E-state index contributed by atoms with van der Waals surface area (Å²) < 4.78 is 10.4. The summed E-state index contributed by atoms with van der Waals surface area (Å²) in [4.78, 5) is 11.5. The molecule has 2 rings (SSSR count). The number of ether oxygens (including phenoxy) is 1. The maximum absolute atomic E-state index is 11.5. The minimum absolute atomic E-state index is 0.0293. The Morgan fingerprint density at radius 1 is 1.22 bits per heavy atom.